The molecule has 15 heavy (non-hydrogen) atoms. The largest absolute Gasteiger partial charge is 0.354 e. The van der Waals surface area contributed by atoms with E-state index in [9.17, 15) is 4.39 Å². The summed E-state index contributed by atoms with van der Waals surface area (Å²) in [6, 6.07) is 4.93. The number of pyridine rings is 1. The van der Waals surface area contributed by atoms with Crippen molar-refractivity contribution < 1.29 is 4.39 Å². The Morgan fingerprint density at radius 3 is 2.87 bits per heavy atom. The zero-order valence-electron chi connectivity index (χ0n) is 8.31. The van der Waals surface area contributed by atoms with E-state index in [0.717, 1.165) is 11.5 Å². The molecular weight excluding hydrogens is 195 g/mol. The molecule has 0 aromatic carbocycles. The maximum absolute atomic E-state index is 12.6. The van der Waals surface area contributed by atoms with Gasteiger partial charge in [-0.1, -0.05) is 0 Å². The summed E-state index contributed by atoms with van der Waals surface area (Å²) in [6.07, 6.45) is 2.90. The summed E-state index contributed by atoms with van der Waals surface area (Å²) in [5, 5.41) is 6.71. The van der Waals surface area contributed by atoms with Crippen molar-refractivity contribution in [2.24, 2.45) is 0 Å². The van der Waals surface area contributed by atoms with Crippen molar-refractivity contribution in [3.05, 3.63) is 42.1 Å². The molecule has 2 heterocycles. The molecule has 0 radical (unpaired) electrons. The Kier molecular flexibility index (Phi) is 2.62. The van der Waals surface area contributed by atoms with Crippen molar-refractivity contribution in [2.75, 3.05) is 11.9 Å². The quantitative estimate of drug-likeness (QED) is 0.829. The Bertz CT molecular complexity index is 409. The van der Waals surface area contributed by atoms with Gasteiger partial charge in [-0.2, -0.15) is 5.10 Å². The fourth-order valence-corrected chi connectivity index (χ4v) is 1.30. The van der Waals surface area contributed by atoms with E-state index in [0.29, 0.717) is 6.54 Å². The molecule has 0 aliphatic heterocycles. The third kappa shape index (κ3) is 2.31. The number of hydrogen-bond acceptors (Lipinski definition) is 3. The highest BCUT2D eigenvalue weighted by Crippen LogP contribution is 2.11. The average molecular weight is 206 g/mol. The first-order valence-corrected chi connectivity index (χ1v) is 4.56. The molecule has 0 spiro atoms. The molecule has 2 rings (SSSR count). The number of halogens is 1. The van der Waals surface area contributed by atoms with Crippen molar-refractivity contribution in [1.29, 1.82) is 0 Å². The van der Waals surface area contributed by atoms with Gasteiger partial charge in [0, 0.05) is 13.2 Å². The smallest absolute Gasteiger partial charge is 0.141 e. The van der Waals surface area contributed by atoms with Gasteiger partial charge in [0.1, 0.15) is 11.6 Å². The van der Waals surface area contributed by atoms with Crippen molar-refractivity contribution >= 4 is 5.82 Å². The van der Waals surface area contributed by atoms with Crippen molar-refractivity contribution in [3.63, 3.8) is 0 Å². The zero-order valence-corrected chi connectivity index (χ0v) is 8.31. The minimum Gasteiger partial charge on any atom is -0.354 e. The van der Waals surface area contributed by atoms with Crippen LogP contribution in [0.5, 0.6) is 0 Å². The first-order valence-electron chi connectivity index (χ1n) is 4.56. The van der Waals surface area contributed by atoms with Gasteiger partial charge in [0.15, 0.2) is 0 Å². The van der Waals surface area contributed by atoms with Gasteiger partial charge in [-0.25, -0.2) is 9.37 Å². The van der Waals surface area contributed by atoms with Crippen LogP contribution in [0.2, 0.25) is 0 Å². The third-order valence-corrected chi connectivity index (χ3v) is 2.07. The lowest BCUT2D eigenvalue weighted by molar-refractivity contribution is 0.620. The van der Waals surface area contributed by atoms with Crippen LogP contribution >= 0.6 is 0 Å². The van der Waals surface area contributed by atoms with E-state index in [-0.39, 0.29) is 5.82 Å². The van der Waals surface area contributed by atoms with Crippen LogP contribution < -0.4 is 4.90 Å². The van der Waals surface area contributed by atoms with E-state index in [1.165, 1.54) is 12.3 Å². The van der Waals surface area contributed by atoms with Crippen LogP contribution in [0.1, 0.15) is 5.69 Å². The molecule has 2 aromatic rings. The number of aromatic amines is 1. The van der Waals surface area contributed by atoms with E-state index in [2.05, 4.69) is 15.2 Å². The molecule has 0 bridgehead atoms. The van der Waals surface area contributed by atoms with E-state index in [4.69, 9.17) is 0 Å². The summed E-state index contributed by atoms with van der Waals surface area (Å²) in [5.74, 6) is 0.402. The number of H-pyrrole nitrogens is 1. The second kappa shape index (κ2) is 4.08. The molecule has 0 saturated carbocycles. The molecule has 1 N–H and O–H groups in total. The van der Waals surface area contributed by atoms with Gasteiger partial charge in [-0.3, -0.25) is 5.10 Å². The molecule has 0 saturated heterocycles. The Morgan fingerprint density at radius 1 is 1.40 bits per heavy atom. The van der Waals surface area contributed by atoms with Gasteiger partial charge in [0.2, 0.25) is 0 Å². The Morgan fingerprint density at radius 2 is 2.27 bits per heavy atom. The third-order valence-electron chi connectivity index (χ3n) is 2.07. The maximum Gasteiger partial charge on any atom is 0.141 e. The van der Waals surface area contributed by atoms with Crippen molar-refractivity contribution in [3.8, 4) is 0 Å². The molecule has 2 aromatic heterocycles. The lowest BCUT2D eigenvalue weighted by Crippen LogP contribution is -2.17. The second-order valence-electron chi connectivity index (χ2n) is 3.27. The summed E-state index contributed by atoms with van der Waals surface area (Å²) >= 11 is 0. The molecule has 0 aliphatic rings. The Hall–Kier alpha value is -1.91. The monoisotopic (exact) mass is 206 g/mol. The van der Waals surface area contributed by atoms with Crippen molar-refractivity contribution in [2.45, 2.75) is 6.54 Å². The lowest BCUT2D eigenvalue weighted by atomic mass is 10.3. The van der Waals surface area contributed by atoms with Gasteiger partial charge < -0.3 is 4.90 Å². The fourth-order valence-electron chi connectivity index (χ4n) is 1.30. The van der Waals surface area contributed by atoms with Gasteiger partial charge in [0.25, 0.3) is 0 Å². The van der Waals surface area contributed by atoms with Crippen LogP contribution in [-0.2, 0) is 6.54 Å². The molecule has 0 amide bonds. The van der Waals surface area contributed by atoms with Crippen LogP contribution in [0.15, 0.2) is 30.6 Å². The number of aromatic nitrogens is 3. The number of anilines is 1. The minimum atomic E-state index is -0.325. The van der Waals surface area contributed by atoms with Crippen LogP contribution in [-0.4, -0.2) is 22.2 Å². The van der Waals surface area contributed by atoms with Crippen molar-refractivity contribution in [1.82, 2.24) is 15.2 Å². The normalized spacial score (nSPS) is 10.3. The standard InChI is InChI=1S/C10H11FN4/c1-15(7-9-4-5-13-14-9)10-3-2-8(11)6-12-10/h2-6H,7H2,1H3,(H,13,14). The van der Waals surface area contributed by atoms with Crippen LogP contribution in [0, 0.1) is 5.82 Å². The predicted octanol–water partition coefficient (Wildman–Crippen LogP) is 1.58. The predicted molar refractivity (Wildman–Crippen MR) is 54.9 cm³/mol. The first-order chi connectivity index (χ1) is 7.25. The second-order valence-corrected chi connectivity index (χ2v) is 3.27. The van der Waals surface area contributed by atoms with Crippen LogP contribution in [0.3, 0.4) is 0 Å². The SMILES string of the molecule is CN(Cc1ccn[nH]1)c1ccc(F)cn1. The van der Waals surface area contributed by atoms with Crippen LogP contribution in [0.25, 0.3) is 0 Å². The van der Waals surface area contributed by atoms with Gasteiger partial charge in [0.05, 0.1) is 18.4 Å². The van der Waals surface area contributed by atoms with Gasteiger partial charge >= 0.3 is 0 Å². The molecule has 0 aliphatic carbocycles. The summed E-state index contributed by atoms with van der Waals surface area (Å²) in [4.78, 5) is 5.89. The molecular formula is C10H11FN4. The van der Waals surface area contributed by atoms with E-state index in [1.54, 1.807) is 12.3 Å². The Balaban J connectivity index is 2.08. The first kappa shape index (κ1) is 9.64. The van der Waals surface area contributed by atoms with E-state index < -0.39 is 0 Å². The zero-order chi connectivity index (χ0) is 10.7. The minimum absolute atomic E-state index is 0.325. The van der Waals surface area contributed by atoms with E-state index in [1.807, 2.05) is 18.0 Å². The summed E-state index contributed by atoms with van der Waals surface area (Å²) in [6.45, 7) is 0.665. The number of nitrogens with one attached hydrogen (secondary N) is 1. The van der Waals surface area contributed by atoms with Gasteiger partial charge in [-0.05, 0) is 18.2 Å². The highest BCUT2D eigenvalue weighted by atomic mass is 19.1. The fraction of sp³-hybridized carbons (Fsp3) is 0.200. The molecule has 78 valence electrons. The topological polar surface area (TPSA) is 44.8 Å². The number of hydrogen-bond donors (Lipinski definition) is 1. The maximum atomic E-state index is 12.6. The summed E-state index contributed by atoms with van der Waals surface area (Å²) < 4.78 is 12.6. The lowest BCUT2D eigenvalue weighted by Gasteiger charge is -2.16. The highest BCUT2D eigenvalue weighted by molar-refractivity contribution is 5.37. The number of nitrogens with zero attached hydrogens (tertiary/aromatic N) is 3. The van der Waals surface area contributed by atoms with Crippen LogP contribution in [0.4, 0.5) is 10.2 Å². The van der Waals surface area contributed by atoms with E-state index >= 15 is 0 Å². The average Bonchev–Trinajstić information content (AvgIpc) is 2.71. The van der Waals surface area contributed by atoms with Gasteiger partial charge in [-0.15, -0.1) is 0 Å². The summed E-state index contributed by atoms with van der Waals surface area (Å²) in [7, 11) is 1.89. The molecule has 0 unspecified atom stereocenters. The molecule has 5 heteroatoms. The number of rotatable bonds is 3. The highest BCUT2D eigenvalue weighted by Gasteiger charge is 2.03. The molecule has 0 atom stereocenters. The summed E-state index contributed by atoms with van der Waals surface area (Å²) in [5.41, 5.74) is 0.989. The Labute approximate surface area is 86.8 Å². The molecule has 0 fully saturated rings. The molecule has 4 nitrogen and oxygen atoms in total.